The SMILES string of the molecule is CC(Oc1ccc(F)cc1)C(=O)Nc1c(C(=O)N2CCOCC2)oc2ccccc12. The number of fused-ring (bicyclic) bond motifs is 1. The first-order valence-corrected chi connectivity index (χ1v) is 9.64. The number of carbonyl (C=O) groups excluding carboxylic acids is 2. The normalized spacial score (nSPS) is 15.1. The number of rotatable bonds is 5. The highest BCUT2D eigenvalue weighted by Crippen LogP contribution is 2.32. The second kappa shape index (κ2) is 8.54. The number of benzene rings is 2. The van der Waals surface area contributed by atoms with Gasteiger partial charge in [-0.1, -0.05) is 12.1 Å². The molecule has 0 spiro atoms. The first-order chi connectivity index (χ1) is 14.5. The number of amides is 2. The van der Waals surface area contributed by atoms with E-state index >= 15 is 0 Å². The van der Waals surface area contributed by atoms with Gasteiger partial charge in [0.15, 0.2) is 6.10 Å². The number of hydrogen-bond donors (Lipinski definition) is 1. The number of carbonyl (C=O) groups is 2. The molecule has 3 aromatic rings. The minimum absolute atomic E-state index is 0.0698. The summed E-state index contributed by atoms with van der Waals surface area (Å²) >= 11 is 0. The number of halogens is 1. The quantitative estimate of drug-likeness (QED) is 0.694. The Morgan fingerprint density at radius 1 is 1.10 bits per heavy atom. The van der Waals surface area contributed by atoms with Crippen LogP contribution in [0.2, 0.25) is 0 Å². The molecule has 1 aliphatic rings. The van der Waals surface area contributed by atoms with Gasteiger partial charge in [0.1, 0.15) is 22.8 Å². The second-order valence-corrected chi connectivity index (χ2v) is 6.91. The summed E-state index contributed by atoms with van der Waals surface area (Å²) in [5.74, 6) is -0.726. The summed E-state index contributed by atoms with van der Waals surface area (Å²) in [6.07, 6.45) is -0.879. The number of nitrogens with one attached hydrogen (secondary N) is 1. The molecule has 1 aliphatic heterocycles. The van der Waals surface area contributed by atoms with Crippen molar-refractivity contribution in [1.29, 1.82) is 0 Å². The number of anilines is 1. The maximum Gasteiger partial charge on any atom is 0.291 e. The second-order valence-electron chi connectivity index (χ2n) is 6.91. The van der Waals surface area contributed by atoms with Crippen LogP contribution in [0.25, 0.3) is 11.0 Å². The van der Waals surface area contributed by atoms with Gasteiger partial charge in [0.25, 0.3) is 11.8 Å². The van der Waals surface area contributed by atoms with Crippen molar-refractivity contribution >= 4 is 28.5 Å². The smallest absolute Gasteiger partial charge is 0.291 e. The van der Waals surface area contributed by atoms with Crippen molar-refractivity contribution in [2.75, 3.05) is 31.6 Å². The van der Waals surface area contributed by atoms with Crippen LogP contribution in [0, 0.1) is 5.82 Å². The van der Waals surface area contributed by atoms with E-state index in [2.05, 4.69) is 5.32 Å². The maximum atomic E-state index is 13.1. The van der Waals surface area contributed by atoms with Gasteiger partial charge in [0.05, 0.1) is 13.2 Å². The van der Waals surface area contributed by atoms with Gasteiger partial charge in [0, 0.05) is 18.5 Å². The Balaban J connectivity index is 1.58. The van der Waals surface area contributed by atoms with Crippen LogP contribution in [0.1, 0.15) is 17.5 Å². The predicted molar refractivity (Wildman–Crippen MR) is 108 cm³/mol. The van der Waals surface area contributed by atoms with Gasteiger partial charge in [0.2, 0.25) is 5.76 Å². The van der Waals surface area contributed by atoms with E-state index in [1.165, 1.54) is 24.3 Å². The minimum Gasteiger partial charge on any atom is -0.481 e. The van der Waals surface area contributed by atoms with Gasteiger partial charge in [-0.2, -0.15) is 0 Å². The molecule has 4 rings (SSSR count). The Hall–Kier alpha value is -3.39. The predicted octanol–water partition coefficient (Wildman–Crippen LogP) is 3.45. The van der Waals surface area contributed by atoms with Crippen molar-refractivity contribution in [2.24, 2.45) is 0 Å². The van der Waals surface area contributed by atoms with Crippen LogP contribution >= 0.6 is 0 Å². The number of morpholine rings is 1. The minimum atomic E-state index is -0.879. The van der Waals surface area contributed by atoms with E-state index in [1.54, 1.807) is 36.1 Å². The molecule has 0 saturated carbocycles. The fourth-order valence-corrected chi connectivity index (χ4v) is 3.23. The molecule has 1 atom stereocenters. The van der Waals surface area contributed by atoms with Crippen LogP contribution in [0.4, 0.5) is 10.1 Å². The lowest BCUT2D eigenvalue weighted by atomic mass is 10.2. The largest absolute Gasteiger partial charge is 0.481 e. The molecule has 2 aromatic carbocycles. The molecule has 2 amide bonds. The van der Waals surface area contributed by atoms with Gasteiger partial charge in [-0.25, -0.2) is 4.39 Å². The van der Waals surface area contributed by atoms with Crippen LogP contribution in [-0.4, -0.2) is 49.1 Å². The molecular formula is C22H21FN2O5. The molecule has 1 unspecified atom stereocenters. The standard InChI is InChI=1S/C22H21FN2O5/c1-14(29-16-8-6-15(23)7-9-16)21(26)24-19-17-4-2-3-5-18(17)30-20(19)22(27)25-10-12-28-13-11-25/h2-9,14H,10-13H2,1H3,(H,24,26). The summed E-state index contributed by atoms with van der Waals surface area (Å²) in [4.78, 5) is 27.4. The van der Waals surface area contributed by atoms with E-state index in [0.717, 1.165) is 0 Å². The molecule has 1 saturated heterocycles. The Kier molecular flexibility index (Phi) is 5.67. The van der Waals surface area contributed by atoms with E-state index in [1.807, 2.05) is 0 Å². The van der Waals surface area contributed by atoms with Crippen LogP contribution in [0.15, 0.2) is 52.9 Å². The van der Waals surface area contributed by atoms with Crippen LogP contribution < -0.4 is 10.1 Å². The lowest BCUT2D eigenvalue weighted by Crippen LogP contribution is -2.41. The Morgan fingerprint density at radius 3 is 2.53 bits per heavy atom. The van der Waals surface area contributed by atoms with Gasteiger partial charge in [-0.3, -0.25) is 9.59 Å². The zero-order chi connectivity index (χ0) is 21.1. The summed E-state index contributed by atoms with van der Waals surface area (Å²) in [6, 6.07) is 12.5. The van der Waals surface area contributed by atoms with E-state index in [9.17, 15) is 14.0 Å². The molecule has 0 aliphatic carbocycles. The number of ether oxygens (including phenoxy) is 2. The van der Waals surface area contributed by atoms with Crippen molar-refractivity contribution < 1.29 is 27.9 Å². The number of nitrogens with zero attached hydrogens (tertiary/aromatic N) is 1. The highest BCUT2D eigenvalue weighted by Gasteiger charge is 2.28. The van der Waals surface area contributed by atoms with Crippen LogP contribution in [0.3, 0.4) is 0 Å². The maximum absolute atomic E-state index is 13.1. The lowest BCUT2D eigenvalue weighted by molar-refractivity contribution is -0.122. The number of hydrogen-bond acceptors (Lipinski definition) is 5. The molecule has 7 nitrogen and oxygen atoms in total. The average molecular weight is 412 g/mol. The van der Waals surface area contributed by atoms with Crippen LogP contribution in [0.5, 0.6) is 5.75 Å². The molecule has 0 bridgehead atoms. The molecule has 1 fully saturated rings. The average Bonchev–Trinajstić information content (AvgIpc) is 3.13. The van der Waals surface area contributed by atoms with E-state index < -0.39 is 17.8 Å². The highest BCUT2D eigenvalue weighted by molar-refractivity contribution is 6.11. The van der Waals surface area contributed by atoms with Crippen molar-refractivity contribution in [3.8, 4) is 5.75 Å². The Labute approximate surface area is 172 Å². The summed E-state index contributed by atoms with van der Waals surface area (Å²) in [7, 11) is 0. The number of para-hydroxylation sites is 1. The zero-order valence-electron chi connectivity index (χ0n) is 16.4. The fraction of sp³-hybridized carbons (Fsp3) is 0.273. The Bertz CT molecular complexity index is 1060. The van der Waals surface area contributed by atoms with Gasteiger partial charge >= 0.3 is 0 Å². The topological polar surface area (TPSA) is 81.0 Å². The molecule has 2 heterocycles. The number of furan rings is 1. The molecule has 30 heavy (non-hydrogen) atoms. The van der Waals surface area contributed by atoms with E-state index in [-0.39, 0.29) is 11.7 Å². The summed E-state index contributed by atoms with van der Waals surface area (Å²) in [5.41, 5.74) is 0.804. The molecule has 1 aromatic heterocycles. The van der Waals surface area contributed by atoms with Gasteiger partial charge in [-0.05, 0) is 43.3 Å². The van der Waals surface area contributed by atoms with E-state index in [0.29, 0.717) is 48.7 Å². The molecular weight excluding hydrogens is 391 g/mol. The van der Waals surface area contributed by atoms with E-state index in [4.69, 9.17) is 13.9 Å². The summed E-state index contributed by atoms with van der Waals surface area (Å²) in [5, 5.41) is 3.40. The molecule has 1 N–H and O–H groups in total. The van der Waals surface area contributed by atoms with Gasteiger partial charge in [-0.15, -0.1) is 0 Å². The van der Waals surface area contributed by atoms with Crippen molar-refractivity contribution in [3.63, 3.8) is 0 Å². The van der Waals surface area contributed by atoms with Gasteiger partial charge < -0.3 is 24.1 Å². The fourth-order valence-electron chi connectivity index (χ4n) is 3.23. The summed E-state index contributed by atoms with van der Waals surface area (Å²) < 4.78 is 29.8. The monoisotopic (exact) mass is 412 g/mol. The third-order valence-electron chi connectivity index (χ3n) is 4.83. The van der Waals surface area contributed by atoms with Crippen molar-refractivity contribution in [2.45, 2.75) is 13.0 Å². The van der Waals surface area contributed by atoms with Crippen molar-refractivity contribution in [3.05, 3.63) is 60.1 Å². The molecule has 0 radical (unpaired) electrons. The Morgan fingerprint density at radius 2 is 1.80 bits per heavy atom. The third-order valence-corrected chi connectivity index (χ3v) is 4.83. The van der Waals surface area contributed by atoms with Crippen LogP contribution in [-0.2, 0) is 9.53 Å². The first kappa shape index (κ1) is 19.9. The molecule has 156 valence electrons. The first-order valence-electron chi connectivity index (χ1n) is 9.64. The highest BCUT2D eigenvalue weighted by atomic mass is 19.1. The van der Waals surface area contributed by atoms with Crippen molar-refractivity contribution in [1.82, 2.24) is 4.90 Å². The zero-order valence-corrected chi connectivity index (χ0v) is 16.4. The lowest BCUT2D eigenvalue weighted by Gasteiger charge is -2.26. The summed E-state index contributed by atoms with van der Waals surface area (Å²) in [6.45, 7) is 3.39. The third kappa shape index (κ3) is 4.13. The molecule has 8 heteroatoms.